The monoisotopic (exact) mass is 618 g/mol. The summed E-state index contributed by atoms with van der Waals surface area (Å²) in [5.74, 6) is 0.832. The summed E-state index contributed by atoms with van der Waals surface area (Å²) in [6.45, 7) is 10.9. The fourth-order valence-electron chi connectivity index (χ4n) is 10.5. The number of halogens is 3. The fraction of sp³-hybridized carbons (Fsp3) is 0.842. The van der Waals surface area contributed by atoms with E-state index in [4.69, 9.17) is 5.73 Å². The van der Waals surface area contributed by atoms with Gasteiger partial charge in [0.25, 0.3) is 0 Å². The molecule has 5 rings (SSSR count). The first kappa shape index (κ1) is 34.2. The van der Waals surface area contributed by atoms with E-state index < -0.39 is 18.2 Å². The van der Waals surface area contributed by atoms with Crippen molar-refractivity contribution >= 4 is 0 Å². The van der Waals surface area contributed by atoms with Crippen LogP contribution in [0.15, 0.2) is 36.5 Å². The van der Waals surface area contributed by atoms with Crippen molar-refractivity contribution in [2.75, 3.05) is 0 Å². The third-order valence-corrected chi connectivity index (χ3v) is 13.3. The number of nitrogens with two attached hydrogens (primary N) is 1. The summed E-state index contributed by atoms with van der Waals surface area (Å²) in [5.41, 5.74) is 8.64. The molecule has 44 heavy (non-hydrogen) atoms. The lowest BCUT2D eigenvalue weighted by Gasteiger charge is -2.46. The maximum atomic E-state index is 14.3. The van der Waals surface area contributed by atoms with Crippen LogP contribution in [0.25, 0.3) is 0 Å². The first-order chi connectivity index (χ1) is 21.0. The van der Waals surface area contributed by atoms with Gasteiger partial charge in [-0.15, -0.1) is 6.58 Å². The normalized spacial score (nSPS) is 42.4. The van der Waals surface area contributed by atoms with Crippen LogP contribution in [0.4, 0.5) is 13.2 Å². The highest BCUT2D eigenvalue weighted by Gasteiger charge is 2.50. The fourth-order valence-corrected chi connectivity index (χ4v) is 10.5. The maximum absolute atomic E-state index is 14.3. The highest BCUT2D eigenvalue weighted by Crippen LogP contribution is 2.51. The van der Waals surface area contributed by atoms with E-state index in [2.05, 4.69) is 44.4 Å². The van der Waals surface area contributed by atoms with Crippen LogP contribution in [0.5, 0.6) is 0 Å². The number of alkyl halides is 3. The van der Waals surface area contributed by atoms with Crippen molar-refractivity contribution < 1.29 is 18.3 Å². The number of nitrogens with zero attached hydrogens (tertiary/aromatic N) is 1. The van der Waals surface area contributed by atoms with E-state index in [0.29, 0.717) is 36.3 Å². The van der Waals surface area contributed by atoms with Crippen LogP contribution >= 0.6 is 0 Å². The number of rotatable bonds is 9. The van der Waals surface area contributed by atoms with Crippen LogP contribution in [-0.2, 0) is 0 Å². The van der Waals surface area contributed by atoms with Crippen molar-refractivity contribution in [3.63, 3.8) is 0 Å². The van der Waals surface area contributed by atoms with Gasteiger partial charge in [0.2, 0.25) is 0 Å². The maximum Gasteiger partial charge on any atom is 0.392 e. The number of aliphatic hydroxyl groups is 1. The lowest BCUT2D eigenvalue weighted by atomic mass is 9.64. The minimum Gasteiger partial charge on any atom is -0.389 e. The van der Waals surface area contributed by atoms with E-state index in [1.54, 1.807) is 0 Å². The second-order valence-corrected chi connectivity index (χ2v) is 15.8. The van der Waals surface area contributed by atoms with Crippen LogP contribution in [0.3, 0.4) is 0 Å². The molecule has 5 aliphatic rings. The molecule has 1 saturated heterocycles. The Morgan fingerprint density at radius 2 is 1.77 bits per heavy atom. The SMILES string of the molecule is C=CC1CCC(C2CC=C(C)C2)N1C(N)C1CC(C(O)C=CC2CCC(C3CCC(CC)CC3)C(C(F)(F)F)C2)CCC1C. The molecule has 0 aromatic heterocycles. The minimum absolute atomic E-state index is 0.0735. The van der Waals surface area contributed by atoms with Gasteiger partial charge in [0.1, 0.15) is 0 Å². The predicted octanol–water partition coefficient (Wildman–Crippen LogP) is 9.43. The van der Waals surface area contributed by atoms with Gasteiger partial charge in [0, 0.05) is 12.1 Å². The van der Waals surface area contributed by atoms with Gasteiger partial charge in [-0.05, 0) is 131 Å². The third kappa shape index (κ3) is 7.71. The Labute approximate surface area is 266 Å². The van der Waals surface area contributed by atoms with Crippen molar-refractivity contribution in [2.45, 2.75) is 148 Å². The molecular weight excluding hydrogens is 557 g/mol. The van der Waals surface area contributed by atoms with Crippen LogP contribution < -0.4 is 5.73 Å². The van der Waals surface area contributed by atoms with E-state index in [0.717, 1.165) is 83.5 Å². The highest BCUT2D eigenvalue weighted by molar-refractivity contribution is 5.12. The Morgan fingerprint density at radius 1 is 1.02 bits per heavy atom. The molecule has 0 bridgehead atoms. The number of allylic oxidation sites excluding steroid dienone is 3. The Kier molecular flexibility index (Phi) is 11.5. The van der Waals surface area contributed by atoms with Crippen molar-refractivity contribution in [3.05, 3.63) is 36.5 Å². The molecule has 250 valence electrons. The second-order valence-electron chi connectivity index (χ2n) is 15.8. The Hall–Kier alpha value is -1.11. The number of hydrogen-bond donors (Lipinski definition) is 2. The molecule has 11 unspecified atom stereocenters. The van der Waals surface area contributed by atoms with Gasteiger partial charge in [-0.1, -0.05) is 63.0 Å². The van der Waals surface area contributed by atoms with Crippen molar-refractivity contribution in [3.8, 4) is 0 Å². The molecular formula is C38H61F3N2O. The van der Waals surface area contributed by atoms with Gasteiger partial charge >= 0.3 is 6.18 Å². The molecule has 1 aliphatic heterocycles. The Morgan fingerprint density at radius 3 is 2.41 bits per heavy atom. The highest BCUT2D eigenvalue weighted by atomic mass is 19.4. The van der Waals surface area contributed by atoms with Gasteiger partial charge < -0.3 is 10.8 Å². The smallest absolute Gasteiger partial charge is 0.389 e. The summed E-state index contributed by atoms with van der Waals surface area (Å²) in [5, 5.41) is 11.4. The summed E-state index contributed by atoms with van der Waals surface area (Å²) < 4.78 is 43.0. The Bertz CT molecular complexity index is 1000. The summed E-state index contributed by atoms with van der Waals surface area (Å²) in [6.07, 6.45) is 17.7. The molecule has 1 heterocycles. The van der Waals surface area contributed by atoms with E-state index >= 15 is 0 Å². The molecule has 0 radical (unpaired) electrons. The summed E-state index contributed by atoms with van der Waals surface area (Å²) in [4.78, 5) is 2.57. The Balaban J connectivity index is 1.20. The lowest BCUT2D eigenvalue weighted by molar-refractivity contribution is -0.206. The zero-order chi connectivity index (χ0) is 31.6. The molecule has 3 nitrogen and oxygen atoms in total. The lowest BCUT2D eigenvalue weighted by Crippen LogP contribution is -2.56. The number of hydrogen-bond acceptors (Lipinski definition) is 3. The first-order valence-electron chi connectivity index (χ1n) is 18.2. The van der Waals surface area contributed by atoms with Gasteiger partial charge in [-0.2, -0.15) is 13.2 Å². The van der Waals surface area contributed by atoms with E-state index in [1.807, 2.05) is 12.2 Å². The standard InChI is InChI=1S/C38H61F3N2O/c1-5-26-9-15-28(16-10-26)32-18-11-27(22-34(32)38(39,40)41)12-20-36(44)30-14-8-25(4)33(23-30)37(42)43-31(6-2)17-19-35(43)29-13-7-24(3)21-29/h6-7,12,20,25-37,44H,2,5,8-11,13-19,21-23,42H2,1,3-4H3. The molecule has 11 atom stereocenters. The van der Waals surface area contributed by atoms with Crippen molar-refractivity contribution in [2.24, 2.45) is 59.0 Å². The average molecular weight is 619 g/mol. The van der Waals surface area contributed by atoms with Gasteiger partial charge in [-0.25, -0.2) is 0 Å². The number of aliphatic hydroxyl groups excluding tert-OH is 1. The minimum atomic E-state index is -4.15. The quantitative estimate of drug-likeness (QED) is 0.253. The molecule has 6 heteroatoms. The molecule has 0 aromatic carbocycles. The molecule has 0 spiro atoms. The topological polar surface area (TPSA) is 49.5 Å². The van der Waals surface area contributed by atoms with Crippen LogP contribution in [-0.4, -0.2) is 40.5 Å². The molecule has 3 saturated carbocycles. The number of likely N-dealkylation sites (tertiary alicyclic amines) is 1. The van der Waals surface area contributed by atoms with Crippen LogP contribution in [0.2, 0.25) is 0 Å². The summed E-state index contributed by atoms with van der Waals surface area (Å²) in [7, 11) is 0. The van der Waals surface area contributed by atoms with Crippen LogP contribution in [0.1, 0.15) is 117 Å². The van der Waals surface area contributed by atoms with Crippen LogP contribution in [0, 0.1) is 53.3 Å². The van der Waals surface area contributed by atoms with E-state index in [9.17, 15) is 18.3 Å². The summed E-state index contributed by atoms with van der Waals surface area (Å²) in [6, 6.07) is 0.768. The average Bonchev–Trinajstić information content (AvgIpc) is 3.65. The second kappa shape index (κ2) is 14.8. The zero-order valence-electron chi connectivity index (χ0n) is 27.7. The molecule has 0 aromatic rings. The molecule has 3 N–H and O–H groups in total. The van der Waals surface area contributed by atoms with Gasteiger partial charge in [0.05, 0.1) is 18.2 Å². The van der Waals surface area contributed by atoms with Crippen molar-refractivity contribution in [1.82, 2.24) is 4.90 Å². The summed E-state index contributed by atoms with van der Waals surface area (Å²) >= 11 is 0. The largest absolute Gasteiger partial charge is 0.392 e. The zero-order valence-corrected chi connectivity index (χ0v) is 27.7. The molecule has 4 aliphatic carbocycles. The van der Waals surface area contributed by atoms with Crippen molar-refractivity contribution in [1.29, 1.82) is 0 Å². The van der Waals surface area contributed by atoms with E-state index in [1.165, 1.54) is 5.57 Å². The first-order valence-corrected chi connectivity index (χ1v) is 18.2. The molecule has 4 fully saturated rings. The predicted molar refractivity (Wildman–Crippen MR) is 175 cm³/mol. The van der Waals surface area contributed by atoms with Gasteiger partial charge in [-0.3, -0.25) is 4.90 Å². The third-order valence-electron chi connectivity index (χ3n) is 13.3. The van der Waals surface area contributed by atoms with E-state index in [-0.39, 0.29) is 42.2 Å². The van der Waals surface area contributed by atoms with Gasteiger partial charge in [0.15, 0.2) is 0 Å². The molecule has 0 amide bonds.